The Hall–Kier alpha value is 0.498. The Balaban J connectivity index is 2.68. The molecule has 0 aromatic carbocycles. The van der Waals surface area contributed by atoms with Gasteiger partial charge in [0.15, 0.2) is 0 Å². The smallest absolute Gasteiger partial charge is 0.423 e. The van der Waals surface area contributed by atoms with Crippen molar-refractivity contribution < 1.29 is 28.8 Å². The van der Waals surface area contributed by atoms with Crippen molar-refractivity contribution in [3.63, 3.8) is 0 Å². The minimum absolute atomic E-state index is 0.106. The van der Waals surface area contributed by atoms with Crippen LogP contribution in [0.4, 0.5) is 12.3 Å². The van der Waals surface area contributed by atoms with Crippen molar-refractivity contribution in [1.29, 1.82) is 0 Å². The summed E-state index contributed by atoms with van der Waals surface area (Å²) in [6.45, 7) is 3.13. The first-order valence-corrected chi connectivity index (χ1v) is 11.3. The van der Waals surface area contributed by atoms with Crippen molar-refractivity contribution in [3.05, 3.63) is 0 Å². The van der Waals surface area contributed by atoms with Crippen LogP contribution >= 0.6 is 0 Å². The minimum Gasteiger partial charge on any atom is -0.423 e. The predicted octanol–water partition coefficient (Wildman–Crippen LogP) is 0.608. The molecule has 4 nitrogen and oxygen atoms in total. The van der Waals surface area contributed by atoms with Gasteiger partial charge < -0.3 is 16.5 Å². The first kappa shape index (κ1) is 13.6. The molecular weight excluding hydrogens is 281 g/mol. The average molecular weight is 294 g/mol. The van der Waals surface area contributed by atoms with E-state index >= 15 is 0 Å². The summed E-state index contributed by atoms with van der Waals surface area (Å²) in [4.78, 5) is 0. The highest BCUT2D eigenvalue weighted by Crippen LogP contribution is 2.26. The van der Waals surface area contributed by atoms with E-state index < -0.39 is 37.4 Å². The topological polar surface area (TPSA) is 36.9 Å². The molecule has 1 aliphatic heterocycles. The molecule has 0 amide bonds. The van der Waals surface area contributed by atoms with Crippen LogP contribution in [0.15, 0.2) is 0 Å². The fourth-order valence-corrected chi connectivity index (χ4v) is 10.3. The molecule has 2 unspecified atom stereocenters. The van der Waals surface area contributed by atoms with Gasteiger partial charge in [0, 0.05) is 6.04 Å². The van der Waals surface area contributed by atoms with E-state index in [1.807, 2.05) is 0 Å². The van der Waals surface area contributed by atoms with Gasteiger partial charge in [-0.25, -0.2) is 12.3 Å². The van der Waals surface area contributed by atoms with E-state index in [-0.39, 0.29) is 6.04 Å². The van der Waals surface area contributed by atoms with Crippen molar-refractivity contribution in [2.24, 2.45) is 0 Å². The predicted molar refractivity (Wildman–Crippen MR) is 55.8 cm³/mol. The molecule has 0 aliphatic carbocycles. The summed E-state index contributed by atoms with van der Waals surface area (Å²) in [6, 6.07) is -0.106. The van der Waals surface area contributed by atoms with Crippen LogP contribution in [0.3, 0.4) is 0 Å². The Morgan fingerprint density at radius 2 is 2.00 bits per heavy atom. The molecule has 1 saturated heterocycles. The Labute approximate surface area is 92.6 Å². The van der Waals surface area contributed by atoms with Crippen LogP contribution in [0.25, 0.3) is 0 Å². The number of rotatable bonds is 2. The molecule has 0 spiro atoms. The van der Waals surface area contributed by atoms with E-state index in [9.17, 15) is 12.3 Å². The largest absolute Gasteiger partial charge is 0.744 e. The molecule has 0 aromatic rings. The fraction of sp³-hybridized carbons (Fsp3) is 1.00. The lowest BCUT2D eigenvalue weighted by Crippen LogP contribution is -2.54. The molecule has 90 valence electrons. The highest BCUT2D eigenvalue weighted by molar-refractivity contribution is 6.78. The summed E-state index contributed by atoms with van der Waals surface area (Å²) in [6.07, 6.45) is 0.397. The second kappa shape index (κ2) is 5.22. The number of hydrogen-bond acceptors (Lipinski definition) is 4. The van der Waals surface area contributed by atoms with Crippen LogP contribution in [0.1, 0.15) is 13.3 Å². The Morgan fingerprint density at radius 1 is 1.33 bits per heavy atom. The molecule has 1 fully saturated rings. The number of halogens is 3. The van der Waals surface area contributed by atoms with Crippen molar-refractivity contribution in [2.45, 2.75) is 25.9 Å². The van der Waals surface area contributed by atoms with Gasteiger partial charge in [0.25, 0.3) is 10.0 Å². The van der Waals surface area contributed by atoms with E-state index in [2.05, 4.69) is 8.23 Å². The van der Waals surface area contributed by atoms with Gasteiger partial charge in [-0.3, -0.25) is 0 Å². The quantitative estimate of drug-likeness (QED) is 0.552. The van der Waals surface area contributed by atoms with Crippen LogP contribution in [0, 0.1) is 0 Å². The lowest BCUT2D eigenvalue weighted by molar-refractivity contribution is 0.156. The molecule has 1 aliphatic rings. The van der Waals surface area contributed by atoms with Gasteiger partial charge in [-0.2, -0.15) is 0 Å². The summed E-state index contributed by atoms with van der Waals surface area (Å²) >= 11 is 0. The van der Waals surface area contributed by atoms with Crippen LogP contribution in [0.2, 0.25) is 12.6 Å². The minimum atomic E-state index is -5.39. The monoisotopic (exact) mass is 294 g/mol. The van der Waals surface area contributed by atoms with Crippen molar-refractivity contribution >= 4 is 37.4 Å². The molecule has 1 heterocycles. The van der Waals surface area contributed by atoms with Crippen LogP contribution < -0.4 is 0 Å². The molecular formula is C4H13F3O4Si4. The lowest BCUT2D eigenvalue weighted by Gasteiger charge is -2.29. The zero-order valence-electron chi connectivity index (χ0n) is 8.47. The van der Waals surface area contributed by atoms with Gasteiger partial charge in [-0.15, -0.1) is 0 Å². The van der Waals surface area contributed by atoms with Gasteiger partial charge >= 0.3 is 27.4 Å². The second-order valence-electron chi connectivity index (χ2n) is 3.09. The van der Waals surface area contributed by atoms with Crippen molar-refractivity contribution in [2.75, 3.05) is 0 Å². The zero-order chi connectivity index (χ0) is 11.5. The highest BCUT2D eigenvalue weighted by Gasteiger charge is 2.57. The molecule has 0 bridgehead atoms. The molecule has 1 rings (SSSR count). The SMILES string of the molecule is CCC[Si]1(F)O[SiH2]O[SiH](C)O[Si](F)(F)O1. The third kappa shape index (κ3) is 4.47. The van der Waals surface area contributed by atoms with Gasteiger partial charge in [-0.1, -0.05) is 13.3 Å². The van der Waals surface area contributed by atoms with Crippen LogP contribution in [-0.2, 0) is 16.5 Å². The molecule has 2 atom stereocenters. The third-order valence-electron chi connectivity index (χ3n) is 1.70. The maximum atomic E-state index is 13.8. The maximum Gasteiger partial charge on any atom is 0.744 e. The first-order chi connectivity index (χ1) is 6.87. The molecule has 0 aromatic heterocycles. The second-order valence-corrected chi connectivity index (χ2v) is 11.5. The maximum absolute atomic E-state index is 13.8. The summed E-state index contributed by atoms with van der Waals surface area (Å²) in [5.74, 6) is 0. The highest BCUT2D eigenvalue weighted by atomic mass is 28.6. The van der Waals surface area contributed by atoms with E-state index in [0.29, 0.717) is 6.42 Å². The summed E-state index contributed by atoms with van der Waals surface area (Å²) < 4.78 is 58.3. The zero-order valence-corrected chi connectivity index (χ0v) is 13.0. The summed E-state index contributed by atoms with van der Waals surface area (Å²) in [7, 11) is -13.6. The van der Waals surface area contributed by atoms with Gasteiger partial charge in [0.05, 0.1) is 0 Å². The van der Waals surface area contributed by atoms with Crippen molar-refractivity contribution in [1.82, 2.24) is 0 Å². The molecule has 15 heavy (non-hydrogen) atoms. The molecule has 0 saturated carbocycles. The van der Waals surface area contributed by atoms with Crippen LogP contribution in [-0.4, -0.2) is 37.4 Å². The third-order valence-corrected chi connectivity index (χ3v) is 12.0. The first-order valence-electron chi connectivity index (χ1n) is 4.57. The Morgan fingerprint density at radius 3 is 2.60 bits per heavy atom. The van der Waals surface area contributed by atoms with Gasteiger partial charge in [0.2, 0.25) is 0 Å². The summed E-state index contributed by atoms with van der Waals surface area (Å²) in [5, 5.41) is 0. The van der Waals surface area contributed by atoms with Gasteiger partial charge in [-0.05, 0) is 6.55 Å². The fourth-order valence-electron chi connectivity index (χ4n) is 1.10. The molecule has 0 radical (unpaired) electrons. The standard InChI is InChI=1S/C4H13F3O4Si4/c1-3-4-14(5)9-12-8-13(2)10-15(6,7)11-14/h13H,3-4,12H2,1-2H3. The van der Waals surface area contributed by atoms with E-state index in [1.165, 1.54) is 6.55 Å². The Bertz CT molecular complexity index is 222. The van der Waals surface area contributed by atoms with E-state index in [4.69, 9.17) is 8.23 Å². The van der Waals surface area contributed by atoms with Crippen LogP contribution in [0.5, 0.6) is 0 Å². The number of hydrogen-bond donors (Lipinski definition) is 0. The van der Waals surface area contributed by atoms with E-state index in [0.717, 1.165) is 0 Å². The molecule has 11 heteroatoms. The molecule has 0 N–H and O–H groups in total. The van der Waals surface area contributed by atoms with Gasteiger partial charge in [0.1, 0.15) is 0 Å². The van der Waals surface area contributed by atoms with E-state index in [1.54, 1.807) is 6.92 Å². The lowest BCUT2D eigenvalue weighted by atomic mass is 10.6. The average Bonchev–Trinajstić information content (AvgIpc) is 1.99. The summed E-state index contributed by atoms with van der Waals surface area (Å²) in [5.41, 5.74) is 0. The van der Waals surface area contributed by atoms with Crippen molar-refractivity contribution in [3.8, 4) is 0 Å². The normalized spacial score (nSPS) is 38.6. The Kier molecular flexibility index (Phi) is 4.72.